The second-order valence-corrected chi connectivity index (χ2v) is 9.41. The van der Waals surface area contributed by atoms with Crippen molar-refractivity contribution in [1.82, 2.24) is 9.88 Å². The van der Waals surface area contributed by atoms with Gasteiger partial charge < -0.3 is 9.64 Å². The average molecular weight is 429 g/mol. The van der Waals surface area contributed by atoms with Gasteiger partial charge in [0.1, 0.15) is 0 Å². The van der Waals surface area contributed by atoms with Crippen LogP contribution in [0.25, 0.3) is 22.0 Å². The largest absolute Gasteiger partial charge is 0.371 e. The zero-order valence-corrected chi connectivity index (χ0v) is 19.1. The average Bonchev–Trinajstić information content (AvgIpc) is 3.69. The smallest absolute Gasteiger partial charge is 0.225 e. The third-order valence-electron chi connectivity index (χ3n) is 7.34. The van der Waals surface area contributed by atoms with E-state index in [1.807, 2.05) is 24.4 Å². The Bertz CT molecular complexity index is 1100. The second-order valence-electron chi connectivity index (χ2n) is 9.41. The van der Waals surface area contributed by atoms with Gasteiger partial charge in [-0.1, -0.05) is 42.5 Å². The number of ether oxygens (including phenoxy) is 1. The molecule has 1 atom stereocenters. The first-order chi connectivity index (χ1) is 15.6. The van der Waals surface area contributed by atoms with Crippen molar-refractivity contribution in [2.75, 3.05) is 19.7 Å². The number of nitrogens with zero attached hydrogens (tertiary/aromatic N) is 2. The highest BCUT2D eigenvalue weighted by molar-refractivity contribution is 5.83. The van der Waals surface area contributed by atoms with Gasteiger partial charge >= 0.3 is 0 Å². The number of likely N-dealkylation sites (tertiary alicyclic amines) is 1. The molecule has 1 unspecified atom stereocenters. The molecule has 1 aliphatic heterocycles. The summed E-state index contributed by atoms with van der Waals surface area (Å²) in [7, 11) is 0. The fraction of sp³-hybridized carbons (Fsp3) is 0.429. The third-order valence-corrected chi connectivity index (χ3v) is 7.34. The fourth-order valence-electron chi connectivity index (χ4n) is 5.20. The van der Waals surface area contributed by atoms with Crippen LogP contribution in [-0.2, 0) is 15.1 Å². The second kappa shape index (κ2) is 8.67. The number of carbonyl (C=O) groups is 1. The molecule has 2 fully saturated rings. The standard InChI is InChI=1S/C28H32N2O2/c1-3-32-28(2,25-14-16-30(17-15-25)27(31)21-8-9-21)24-12-10-20(11-13-24)23-18-22-6-4-5-7-26(22)29-19-23/h4-7,10-13,18-19,21,25H,3,8-9,14-17H2,1-2H3. The van der Waals surface area contributed by atoms with Crippen molar-refractivity contribution < 1.29 is 9.53 Å². The first-order valence-corrected chi connectivity index (χ1v) is 12.0. The number of hydrogen-bond donors (Lipinski definition) is 0. The van der Waals surface area contributed by atoms with E-state index in [4.69, 9.17) is 4.74 Å². The molecule has 0 radical (unpaired) electrons. The molecule has 1 aliphatic carbocycles. The Morgan fingerprint density at radius 1 is 1.03 bits per heavy atom. The van der Waals surface area contributed by atoms with Crippen molar-refractivity contribution in [2.45, 2.75) is 45.1 Å². The molecule has 2 aromatic carbocycles. The van der Waals surface area contributed by atoms with E-state index in [1.54, 1.807) is 0 Å². The zero-order chi connectivity index (χ0) is 22.1. The monoisotopic (exact) mass is 428 g/mol. The molecule has 1 saturated carbocycles. The number of hydrogen-bond acceptors (Lipinski definition) is 3. The summed E-state index contributed by atoms with van der Waals surface area (Å²) >= 11 is 0. The molecule has 5 rings (SSSR count). The van der Waals surface area contributed by atoms with Crippen LogP contribution in [0.4, 0.5) is 0 Å². The van der Waals surface area contributed by atoms with Crippen molar-refractivity contribution in [3.05, 3.63) is 66.4 Å². The van der Waals surface area contributed by atoms with Crippen LogP contribution in [0.3, 0.4) is 0 Å². The molecule has 32 heavy (non-hydrogen) atoms. The van der Waals surface area contributed by atoms with E-state index in [0.717, 1.165) is 60.8 Å². The molecule has 1 saturated heterocycles. The van der Waals surface area contributed by atoms with Gasteiger partial charge in [-0.15, -0.1) is 0 Å². The summed E-state index contributed by atoms with van der Waals surface area (Å²) in [5.74, 6) is 1.08. The number of piperidine rings is 1. The summed E-state index contributed by atoms with van der Waals surface area (Å²) in [6, 6.07) is 19.2. The molecule has 0 N–H and O–H groups in total. The number of benzene rings is 2. The molecule has 2 aliphatic rings. The lowest BCUT2D eigenvalue weighted by atomic mass is 9.76. The van der Waals surface area contributed by atoms with Gasteiger partial charge in [0.2, 0.25) is 5.91 Å². The van der Waals surface area contributed by atoms with E-state index >= 15 is 0 Å². The number of carbonyl (C=O) groups excluding carboxylic acids is 1. The van der Waals surface area contributed by atoms with Crippen molar-refractivity contribution in [3.8, 4) is 11.1 Å². The molecule has 0 bridgehead atoms. The SMILES string of the molecule is CCOC(C)(c1ccc(-c2cnc3ccccc3c2)cc1)C1CCN(C(=O)C2CC2)CC1. The van der Waals surface area contributed by atoms with Crippen molar-refractivity contribution in [2.24, 2.45) is 11.8 Å². The van der Waals surface area contributed by atoms with Gasteiger partial charge in [0, 0.05) is 42.8 Å². The van der Waals surface area contributed by atoms with Crippen LogP contribution in [-0.4, -0.2) is 35.5 Å². The van der Waals surface area contributed by atoms with Gasteiger partial charge in [-0.3, -0.25) is 9.78 Å². The maximum atomic E-state index is 12.5. The predicted molar refractivity (Wildman–Crippen MR) is 128 cm³/mol. The van der Waals surface area contributed by atoms with Gasteiger partial charge in [-0.2, -0.15) is 0 Å². The quantitative estimate of drug-likeness (QED) is 0.498. The number of aromatic nitrogens is 1. The lowest BCUT2D eigenvalue weighted by Crippen LogP contribution is -2.45. The van der Waals surface area contributed by atoms with E-state index in [0.29, 0.717) is 24.3 Å². The molecule has 1 amide bonds. The molecule has 2 heterocycles. The van der Waals surface area contributed by atoms with Crippen LogP contribution in [0.2, 0.25) is 0 Å². The highest BCUT2D eigenvalue weighted by atomic mass is 16.5. The van der Waals surface area contributed by atoms with Crippen LogP contribution in [0.1, 0.15) is 45.1 Å². The molecule has 1 aromatic heterocycles. The summed E-state index contributed by atoms with van der Waals surface area (Å²) < 4.78 is 6.40. The Labute approximate surface area is 190 Å². The number of fused-ring (bicyclic) bond motifs is 1. The summed E-state index contributed by atoms with van der Waals surface area (Å²) in [5, 5.41) is 1.15. The van der Waals surface area contributed by atoms with Gasteiger partial charge in [-0.25, -0.2) is 0 Å². The van der Waals surface area contributed by atoms with Crippen LogP contribution >= 0.6 is 0 Å². The van der Waals surface area contributed by atoms with Crippen LogP contribution < -0.4 is 0 Å². The number of amides is 1. The number of para-hydroxylation sites is 1. The lowest BCUT2D eigenvalue weighted by Gasteiger charge is -2.43. The molecular weight excluding hydrogens is 396 g/mol. The Morgan fingerprint density at radius 3 is 2.44 bits per heavy atom. The molecule has 4 nitrogen and oxygen atoms in total. The van der Waals surface area contributed by atoms with Crippen LogP contribution in [0.5, 0.6) is 0 Å². The van der Waals surface area contributed by atoms with E-state index < -0.39 is 0 Å². The first kappa shape index (κ1) is 21.1. The van der Waals surface area contributed by atoms with Gasteiger partial charge in [0.25, 0.3) is 0 Å². The molecule has 0 spiro atoms. The van der Waals surface area contributed by atoms with E-state index in [1.165, 1.54) is 5.56 Å². The molecule has 3 aromatic rings. The van der Waals surface area contributed by atoms with Gasteiger partial charge in [0.05, 0.1) is 11.1 Å². The highest BCUT2D eigenvalue weighted by Crippen LogP contribution is 2.41. The summed E-state index contributed by atoms with van der Waals surface area (Å²) in [6.07, 6.45) is 6.09. The Kier molecular flexibility index (Phi) is 5.73. The van der Waals surface area contributed by atoms with Gasteiger partial charge in [-0.05, 0) is 68.7 Å². The van der Waals surface area contributed by atoms with Crippen LogP contribution in [0, 0.1) is 11.8 Å². The normalized spacial score (nSPS) is 19.1. The Hall–Kier alpha value is -2.72. The Morgan fingerprint density at radius 2 is 1.75 bits per heavy atom. The van der Waals surface area contributed by atoms with Crippen molar-refractivity contribution in [3.63, 3.8) is 0 Å². The van der Waals surface area contributed by atoms with Crippen molar-refractivity contribution >= 4 is 16.8 Å². The fourth-order valence-corrected chi connectivity index (χ4v) is 5.20. The Balaban J connectivity index is 1.35. The molecule has 4 heteroatoms. The summed E-state index contributed by atoms with van der Waals surface area (Å²) in [4.78, 5) is 19.1. The topological polar surface area (TPSA) is 42.4 Å². The van der Waals surface area contributed by atoms with E-state index in [9.17, 15) is 4.79 Å². The van der Waals surface area contributed by atoms with Gasteiger partial charge in [0.15, 0.2) is 0 Å². The highest BCUT2D eigenvalue weighted by Gasteiger charge is 2.41. The maximum absolute atomic E-state index is 12.5. The third kappa shape index (κ3) is 4.04. The van der Waals surface area contributed by atoms with Crippen molar-refractivity contribution in [1.29, 1.82) is 0 Å². The number of pyridine rings is 1. The number of rotatable bonds is 6. The van der Waals surface area contributed by atoms with Crippen LogP contribution in [0.15, 0.2) is 60.8 Å². The zero-order valence-electron chi connectivity index (χ0n) is 19.1. The molecular formula is C28H32N2O2. The minimum absolute atomic E-state index is 0.307. The summed E-state index contributed by atoms with van der Waals surface area (Å²) in [6.45, 7) is 6.67. The first-order valence-electron chi connectivity index (χ1n) is 12.0. The molecule has 166 valence electrons. The lowest BCUT2D eigenvalue weighted by molar-refractivity contribution is -0.137. The minimum Gasteiger partial charge on any atom is -0.371 e. The predicted octanol–water partition coefficient (Wildman–Crippen LogP) is 5.80. The minimum atomic E-state index is -0.344. The van der Waals surface area contributed by atoms with E-state index in [2.05, 4.69) is 60.1 Å². The summed E-state index contributed by atoms with van der Waals surface area (Å²) in [5.41, 5.74) is 4.17. The maximum Gasteiger partial charge on any atom is 0.225 e. The van der Waals surface area contributed by atoms with E-state index in [-0.39, 0.29) is 5.60 Å².